The number of rotatable bonds is 6. The molecule has 1 unspecified atom stereocenters. The van der Waals surface area contributed by atoms with Crippen LogP contribution in [-0.4, -0.2) is 31.6 Å². The quantitative estimate of drug-likeness (QED) is 0.877. The summed E-state index contributed by atoms with van der Waals surface area (Å²) in [7, 11) is 0. The van der Waals surface area contributed by atoms with Gasteiger partial charge in [-0.2, -0.15) is 0 Å². The van der Waals surface area contributed by atoms with Gasteiger partial charge in [0.05, 0.1) is 0 Å². The van der Waals surface area contributed by atoms with E-state index in [1.54, 1.807) is 0 Å². The predicted molar refractivity (Wildman–Crippen MR) is 81.2 cm³/mol. The number of benzene rings is 1. The zero-order valence-electron chi connectivity index (χ0n) is 12.4. The maximum atomic E-state index is 12.5. The highest BCUT2D eigenvalue weighted by Gasteiger charge is 2.19. The van der Waals surface area contributed by atoms with Gasteiger partial charge >= 0.3 is 0 Å². The first-order valence-corrected chi connectivity index (χ1v) is 7.08. The number of carbonyl (C=O) groups excluding carboxylic acids is 1. The lowest BCUT2D eigenvalue weighted by Crippen LogP contribution is -2.39. The average Bonchev–Trinajstić information content (AvgIpc) is 2.90. The van der Waals surface area contributed by atoms with Crippen LogP contribution in [0.25, 0.3) is 0 Å². The summed E-state index contributed by atoms with van der Waals surface area (Å²) in [6.07, 6.45) is 2.38. The molecule has 0 saturated carbocycles. The van der Waals surface area contributed by atoms with Gasteiger partial charge in [0, 0.05) is 12.6 Å². The summed E-state index contributed by atoms with van der Waals surface area (Å²) in [6, 6.07) is 10.1. The van der Waals surface area contributed by atoms with Crippen LogP contribution in [0.4, 0.5) is 5.95 Å². The van der Waals surface area contributed by atoms with E-state index in [1.807, 2.05) is 35.2 Å². The average molecular weight is 287 g/mol. The summed E-state index contributed by atoms with van der Waals surface area (Å²) in [5.74, 6) is 0.194. The van der Waals surface area contributed by atoms with Crippen molar-refractivity contribution in [2.24, 2.45) is 0 Å². The molecular weight excluding hydrogens is 266 g/mol. The highest BCUT2D eigenvalue weighted by atomic mass is 16.2. The lowest BCUT2D eigenvalue weighted by molar-refractivity contribution is -0.134. The first-order chi connectivity index (χ1) is 10.1. The molecule has 1 heterocycles. The maximum absolute atomic E-state index is 12.5. The molecule has 1 amide bonds. The first-order valence-electron chi connectivity index (χ1n) is 7.08. The number of hydrogen-bond acceptors (Lipinski definition) is 4. The minimum atomic E-state index is 0.0121. The van der Waals surface area contributed by atoms with E-state index in [1.165, 1.54) is 11.0 Å². The van der Waals surface area contributed by atoms with E-state index in [0.29, 0.717) is 6.54 Å². The SMILES string of the molecule is CCC(C)N(Cc1ccccc1)C(=O)Cn1cnc(N)n1. The third kappa shape index (κ3) is 4.05. The molecule has 0 radical (unpaired) electrons. The molecule has 0 bridgehead atoms. The zero-order chi connectivity index (χ0) is 15.2. The van der Waals surface area contributed by atoms with Gasteiger partial charge in [-0.15, -0.1) is 5.10 Å². The van der Waals surface area contributed by atoms with Gasteiger partial charge in [0.1, 0.15) is 12.9 Å². The van der Waals surface area contributed by atoms with E-state index in [0.717, 1.165) is 12.0 Å². The minimum absolute atomic E-state index is 0.0121. The summed E-state index contributed by atoms with van der Waals surface area (Å²) in [5, 5.41) is 3.96. The second-order valence-electron chi connectivity index (χ2n) is 5.06. The molecule has 112 valence electrons. The fraction of sp³-hybridized carbons (Fsp3) is 0.400. The molecule has 0 aliphatic rings. The van der Waals surface area contributed by atoms with Crippen LogP contribution in [0.3, 0.4) is 0 Å². The second kappa shape index (κ2) is 6.88. The van der Waals surface area contributed by atoms with Gasteiger partial charge in [0.15, 0.2) is 0 Å². The first kappa shape index (κ1) is 15.0. The van der Waals surface area contributed by atoms with Gasteiger partial charge in [0.2, 0.25) is 11.9 Å². The number of aromatic nitrogens is 3. The van der Waals surface area contributed by atoms with Crippen molar-refractivity contribution in [3.05, 3.63) is 42.2 Å². The van der Waals surface area contributed by atoms with Gasteiger partial charge < -0.3 is 10.6 Å². The molecule has 0 aliphatic heterocycles. The topological polar surface area (TPSA) is 77.0 Å². The molecule has 21 heavy (non-hydrogen) atoms. The monoisotopic (exact) mass is 287 g/mol. The van der Waals surface area contributed by atoms with Crippen LogP contribution in [-0.2, 0) is 17.9 Å². The number of hydrogen-bond donors (Lipinski definition) is 1. The van der Waals surface area contributed by atoms with E-state index in [-0.39, 0.29) is 24.4 Å². The fourth-order valence-electron chi connectivity index (χ4n) is 2.10. The molecule has 0 spiro atoms. The molecule has 0 saturated heterocycles. The highest BCUT2D eigenvalue weighted by Crippen LogP contribution is 2.11. The Morgan fingerprint density at radius 3 is 2.67 bits per heavy atom. The standard InChI is InChI=1S/C15H21N5O/c1-3-12(2)20(9-13-7-5-4-6-8-13)14(21)10-19-11-17-15(16)18-19/h4-8,11-12H,3,9-10H2,1-2H3,(H2,16,18). The second-order valence-corrected chi connectivity index (χ2v) is 5.06. The third-order valence-electron chi connectivity index (χ3n) is 3.49. The molecule has 2 aromatic rings. The van der Waals surface area contributed by atoms with Crippen molar-refractivity contribution in [2.75, 3.05) is 5.73 Å². The van der Waals surface area contributed by atoms with Crippen molar-refractivity contribution in [2.45, 2.75) is 39.4 Å². The molecule has 0 aliphatic carbocycles. The van der Waals surface area contributed by atoms with E-state index >= 15 is 0 Å². The molecule has 6 nitrogen and oxygen atoms in total. The van der Waals surface area contributed by atoms with E-state index in [2.05, 4.69) is 23.9 Å². The van der Waals surface area contributed by atoms with Gasteiger partial charge in [-0.25, -0.2) is 9.67 Å². The zero-order valence-corrected chi connectivity index (χ0v) is 12.4. The van der Waals surface area contributed by atoms with Crippen LogP contribution < -0.4 is 5.73 Å². The van der Waals surface area contributed by atoms with Crippen molar-refractivity contribution in [3.8, 4) is 0 Å². The lowest BCUT2D eigenvalue weighted by Gasteiger charge is -2.28. The Labute approximate surface area is 124 Å². The van der Waals surface area contributed by atoms with Gasteiger partial charge in [-0.05, 0) is 18.9 Å². The Morgan fingerprint density at radius 2 is 2.10 bits per heavy atom. The summed E-state index contributed by atoms with van der Waals surface area (Å²) in [6.45, 7) is 4.88. The van der Waals surface area contributed by atoms with Crippen LogP contribution in [0.2, 0.25) is 0 Å². The van der Waals surface area contributed by atoms with Crippen molar-refractivity contribution in [1.82, 2.24) is 19.7 Å². The Morgan fingerprint density at radius 1 is 1.38 bits per heavy atom. The molecule has 2 N–H and O–H groups in total. The number of anilines is 1. The Hall–Kier alpha value is -2.37. The summed E-state index contributed by atoms with van der Waals surface area (Å²) in [5.41, 5.74) is 6.59. The number of nitrogen functional groups attached to an aromatic ring is 1. The van der Waals surface area contributed by atoms with Crippen LogP contribution in [0, 0.1) is 0 Å². The van der Waals surface area contributed by atoms with E-state index in [9.17, 15) is 4.79 Å². The lowest BCUT2D eigenvalue weighted by atomic mass is 10.1. The Balaban J connectivity index is 2.10. The number of nitrogens with zero attached hydrogens (tertiary/aromatic N) is 4. The van der Waals surface area contributed by atoms with Crippen LogP contribution >= 0.6 is 0 Å². The molecule has 1 aromatic carbocycles. The normalized spacial score (nSPS) is 12.1. The molecule has 2 rings (SSSR count). The Bertz CT molecular complexity index is 581. The molecule has 0 fully saturated rings. The van der Waals surface area contributed by atoms with E-state index < -0.39 is 0 Å². The smallest absolute Gasteiger partial charge is 0.244 e. The summed E-state index contributed by atoms with van der Waals surface area (Å²) in [4.78, 5) is 18.2. The van der Waals surface area contributed by atoms with E-state index in [4.69, 9.17) is 5.73 Å². The van der Waals surface area contributed by atoms with Crippen molar-refractivity contribution in [1.29, 1.82) is 0 Å². The molecular formula is C15H21N5O. The molecule has 6 heteroatoms. The molecule has 1 atom stereocenters. The highest BCUT2D eigenvalue weighted by molar-refractivity contribution is 5.76. The number of carbonyl (C=O) groups is 1. The van der Waals surface area contributed by atoms with Crippen molar-refractivity contribution >= 4 is 11.9 Å². The fourth-order valence-corrected chi connectivity index (χ4v) is 2.10. The summed E-state index contributed by atoms with van der Waals surface area (Å²) >= 11 is 0. The maximum Gasteiger partial charge on any atom is 0.244 e. The number of nitrogens with two attached hydrogens (primary N) is 1. The van der Waals surface area contributed by atoms with Gasteiger partial charge in [-0.1, -0.05) is 37.3 Å². The minimum Gasteiger partial charge on any atom is -0.367 e. The van der Waals surface area contributed by atoms with Gasteiger partial charge in [-0.3, -0.25) is 4.79 Å². The predicted octanol–water partition coefficient (Wildman–Crippen LogP) is 1.69. The third-order valence-corrected chi connectivity index (χ3v) is 3.49. The molecule has 1 aromatic heterocycles. The largest absolute Gasteiger partial charge is 0.367 e. The summed E-state index contributed by atoms with van der Waals surface area (Å²) < 4.78 is 1.47. The van der Waals surface area contributed by atoms with Crippen LogP contribution in [0.15, 0.2) is 36.7 Å². The van der Waals surface area contributed by atoms with Crippen LogP contribution in [0.1, 0.15) is 25.8 Å². The number of amides is 1. The Kier molecular flexibility index (Phi) is 4.92. The van der Waals surface area contributed by atoms with Gasteiger partial charge in [0.25, 0.3) is 0 Å². The van der Waals surface area contributed by atoms with Crippen molar-refractivity contribution in [3.63, 3.8) is 0 Å². The van der Waals surface area contributed by atoms with Crippen LogP contribution in [0.5, 0.6) is 0 Å². The van der Waals surface area contributed by atoms with Crippen molar-refractivity contribution < 1.29 is 4.79 Å².